The molecule has 0 saturated carbocycles. The molecular formula is C28H25SiZr. The first kappa shape index (κ1) is 18.7. The molecule has 0 unspecified atom stereocenters. The van der Waals surface area contributed by atoms with Crippen LogP contribution in [0.25, 0.3) is 28.1 Å². The van der Waals surface area contributed by atoms with Crippen LogP contribution in [0.1, 0.15) is 36.1 Å². The number of hydrogen-bond donors (Lipinski definition) is 0. The minimum atomic E-state index is -1.94. The zero-order valence-electron chi connectivity index (χ0n) is 17.8. The zero-order valence-corrected chi connectivity index (χ0v) is 22.3. The van der Waals surface area contributed by atoms with Crippen LogP contribution in [0.5, 0.6) is 0 Å². The van der Waals surface area contributed by atoms with E-state index in [9.17, 15) is 0 Å². The Hall–Kier alpha value is -2.02. The molecule has 30 heavy (non-hydrogen) atoms. The number of rotatable bonds is 2. The molecule has 0 heterocycles. The van der Waals surface area contributed by atoms with Gasteiger partial charge in [0.25, 0.3) is 0 Å². The number of hydrogen-bond acceptors (Lipinski definition) is 0. The first-order valence-electron chi connectivity index (χ1n) is 10.9. The van der Waals surface area contributed by atoms with Crippen molar-refractivity contribution in [2.75, 3.05) is 0 Å². The molecule has 145 valence electrons. The van der Waals surface area contributed by atoms with Crippen LogP contribution in [0, 0.1) is 0 Å². The van der Waals surface area contributed by atoms with E-state index in [0.717, 1.165) is 12.8 Å². The summed E-state index contributed by atoms with van der Waals surface area (Å²) in [6.45, 7) is 4.83. The Morgan fingerprint density at radius 3 is 1.50 bits per heavy atom. The molecule has 0 amide bonds. The van der Waals surface area contributed by atoms with Crippen molar-refractivity contribution in [3.05, 3.63) is 106 Å². The van der Waals surface area contributed by atoms with Gasteiger partial charge >= 0.3 is 189 Å². The molecule has 0 aromatic heterocycles. The van der Waals surface area contributed by atoms with Crippen molar-refractivity contribution in [1.82, 2.24) is 0 Å². The van der Waals surface area contributed by atoms with Crippen LogP contribution in [-0.2, 0) is 33.8 Å². The summed E-state index contributed by atoms with van der Waals surface area (Å²) in [6.07, 6.45) is 2.30. The van der Waals surface area contributed by atoms with Crippen molar-refractivity contribution in [1.29, 1.82) is 0 Å². The van der Waals surface area contributed by atoms with E-state index in [1.54, 1.807) is 33.4 Å². The van der Waals surface area contributed by atoms with Crippen LogP contribution in [0.2, 0.25) is 0 Å². The second-order valence-corrected chi connectivity index (χ2v) is 20.4. The maximum absolute atomic E-state index is 2.41. The summed E-state index contributed by atoms with van der Waals surface area (Å²) >= 11 is -1.94. The van der Waals surface area contributed by atoms with E-state index in [0.29, 0.717) is 0 Å². The van der Waals surface area contributed by atoms with E-state index in [1.807, 2.05) is 6.56 Å². The summed E-state index contributed by atoms with van der Waals surface area (Å²) in [5.74, 6) is 0. The molecule has 2 aliphatic rings. The van der Waals surface area contributed by atoms with Gasteiger partial charge in [0.2, 0.25) is 0 Å². The van der Waals surface area contributed by atoms with Crippen molar-refractivity contribution in [3.63, 3.8) is 0 Å². The third-order valence-electron chi connectivity index (χ3n) is 7.05. The van der Waals surface area contributed by atoms with E-state index in [-0.39, 0.29) is 0 Å². The second-order valence-electron chi connectivity index (χ2n) is 8.93. The van der Waals surface area contributed by atoms with Crippen molar-refractivity contribution in [3.8, 4) is 0 Å². The molecule has 2 heteroatoms. The summed E-state index contributed by atoms with van der Waals surface area (Å²) < 4.78 is 3.62. The van der Waals surface area contributed by atoms with Gasteiger partial charge in [-0.2, -0.15) is 0 Å². The number of benzene rings is 4. The van der Waals surface area contributed by atoms with Crippen molar-refractivity contribution in [2.45, 2.75) is 26.7 Å². The van der Waals surface area contributed by atoms with Crippen LogP contribution >= 0.6 is 0 Å². The van der Waals surface area contributed by atoms with Gasteiger partial charge in [0, 0.05) is 0 Å². The molecule has 0 aliphatic heterocycles. The second kappa shape index (κ2) is 7.01. The van der Waals surface area contributed by atoms with E-state index in [4.69, 9.17) is 0 Å². The summed E-state index contributed by atoms with van der Waals surface area (Å²) in [4.78, 5) is 0. The predicted molar refractivity (Wildman–Crippen MR) is 130 cm³/mol. The van der Waals surface area contributed by atoms with Crippen LogP contribution in [0.3, 0.4) is 0 Å². The predicted octanol–water partition coefficient (Wildman–Crippen LogP) is 6.17. The summed E-state index contributed by atoms with van der Waals surface area (Å²) in [6, 6.07) is 27.5. The Morgan fingerprint density at radius 1 is 0.600 bits per heavy atom. The quantitative estimate of drug-likeness (QED) is 0.301. The van der Waals surface area contributed by atoms with Gasteiger partial charge in [0.15, 0.2) is 0 Å². The van der Waals surface area contributed by atoms with Crippen molar-refractivity contribution < 1.29 is 20.9 Å². The molecule has 4 aromatic rings. The Kier molecular flexibility index (Phi) is 4.37. The van der Waals surface area contributed by atoms with Gasteiger partial charge < -0.3 is 0 Å². The number of allylic oxidation sites excluding steroid dienone is 2. The molecule has 0 N–H and O–H groups in total. The number of fused-ring (bicyclic) bond motifs is 6. The molecule has 0 spiro atoms. The standard InChI is InChI=1S/2C14H11.H3Si.Zr/c2*1-10-8-12-7-6-11-4-2-3-5-13(11)14(12)9-10;;/h2*2-7H,8H2,1H3;1H3;. The molecular weight excluding hydrogens is 456 g/mol. The first-order chi connectivity index (χ1) is 14.6. The first-order valence-corrected chi connectivity index (χ1v) is 21.7. The molecule has 0 bridgehead atoms. The molecule has 0 nitrogen and oxygen atoms in total. The molecule has 0 radical (unpaired) electrons. The molecule has 6 rings (SSSR count). The van der Waals surface area contributed by atoms with Gasteiger partial charge in [-0.15, -0.1) is 0 Å². The fourth-order valence-corrected chi connectivity index (χ4v) is 21.3. The van der Waals surface area contributed by atoms with Crippen LogP contribution in [0.4, 0.5) is 0 Å². The maximum atomic E-state index is 2.41. The van der Waals surface area contributed by atoms with E-state index in [1.165, 1.54) is 28.9 Å². The average molecular weight is 481 g/mol. The monoisotopic (exact) mass is 479 g/mol. The molecule has 0 fully saturated rings. The van der Waals surface area contributed by atoms with E-state index >= 15 is 0 Å². The third-order valence-corrected chi connectivity index (χ3v) is 20.0. The van der Waals surface area contributed by atoms with Gasteiger partial charge in [0.1, 0.15) is 0 Å². The van der Waals surface area contributed by atoms with Crippen LogP contribution < -0.4 is 0 Å². The Labute approximate surface area is 188 Å². The topological polar surface area (TPSA) is 0 Å². The van der Waals surface area contributed by atoms with Gasteiger partial charge in [0.05, 0.1) is 0 Å². The van der Waals surface area contributed by atoms with Gasteiger partial charge in [-0.1, -0.05) is 0 Å². The minimum absolute atomic E-state index is 1.15. The average Bonchev–Trinajstić information content (AvgIpc) is 3.29. The molecule has 0 saturated heterocycles. The van der Waals surface area contributed by atoms with Crippen molar-refractivity contribution in [2.24, 2.45) is 0 Å². The van der Waals surface area contributed by atoms with E-state index < -0.39 is 20.9 Å². The Morgan fingerprint density at radius 2 is 1.03 bits per heavy atom. The molecule has 0 atom stereocenters. The van der Waals surface area contributed by atoms with Gasteiger partial charge in [-0.3, -0.25) is 0 Å². The normalized spacial score (nSPS) is 15.4. The fraction of sp³-hybridized carbons (Fsp3) is 0.143. The zero-order chi connectivity index (χ0) is 20.4. The summed E-state index contributed by atoms with van der Waals surface area (Å²) in [5.41, 5.74) is 9.65. The molecule has 4 aromatic carbocycles. The Bertz CT molecular complexity index is 1310. The molecule has 2 aliphatic carbocycles. The van der Waals surface area contributed by atoms with Crippen LogP contribution in [0.15, 0.2) is 83.9 Å². The SMILES string of the molecule is CC1=[C]([Zr]([SiH3])[C]2=C(C)Cc3ccc4ccccc4c32)c2c(ccc3ccccc23)C1. The van der Waals surface area contributed by atoms with Gasteiger partial charge in [-0.05, 0) is 0 Å². The van der Waals surface area contributed by atoms with Crippen molar-refractivity contribution >= 4 is 35.5 Å². The van der Waals surface area contributed by atoms with Gasteiger partial charge in [-0.25, -0.2) is 0 Å². The summed E-state index contributed by atoms with van der Waals surface area (Å²) in [5, 5.41) is 5.74. The third kappa shape index (κ3) is 2.67. The van der Waals surface area contributed by atoms with Crippen LogP contribution in [-0.4, -0.2) is 7.37 Å². The fourth-order valence-electron chi connectivity index (χ4n) is 5.83. The Balaban J connectivity index is 1.58. The van der Waals surface area contributed by atoms with E-state index in [2.05, 4.69) is 86.6 Å². The summed E-state index contributed by atoms with van der Waals surface area (Å²) in [7, 11) is 1.32.